The van der Waals surface area contributed by atoms with Crippen molar-refractivity contribution in [1.29, 1.82) is 0 Å². The van der Waals surface area contributed by atoms with Crippen molar-refractivity contribution >= 4 is 82.5 Å². The number of ketones is 1. The fourth-order valence-electron chi connectivity index (χ4n) is 8.83. The minimum atomic E-state index is -2.82. The molecular formula is C56H97ClN12O18. The Morgan fingerprint density at radius 1 is 0.621 bits per heavy atom. The molecule has 1 fully saturated rings. The lowest BCUT2D eigenvalue weighted by Crippen LogP contribution is -2.62. The third-order valence-corrected chi connectivity index (χ3v) is 14.3. The number of hydrogen-bond donors (Lipinski definition) is 17. The van der Waals surface area contributed by atoms with Crippen molar-refractivity contribution in [2.45, 2.75) is 229 Å². The van der Waals surface area contributed by atoms with E-state index < -0.39 is 175 Å². The second kappa shape index (κ2) is 43.3. The summed E-state index contributed by atoms with van der Waals surface area (Å²) in [6, 6.07) is -15.3. The number of hydrogen-bond acceptors (Lipinski definition) is 20. The molecule has 31 heteroatoms. The molecule has 1 rings (SSSR count). The van der Waals surface area contributed by atoms with Gasteiger partial charge < -0.3 is 95.3 Å². The van der Waals surface area contributed by atoms with Crippen molar-refractivity contribution in [1.82, 2.24) is 47.9 Å². The van der Waals surface area contributed by atoms with Crippen LogP contribution in [0.25, 0.3) is 0 Å². The van der Waals surface area contributed by atoms with Gasteiger partial charge in [0.05, 0.1) is 30.6 Å². The zero-order valence-corrected chi connectivity index (χ0v) is 51.5. The molecule has 1 heterocycles. The second-order valence-electron chi connectivity index (χ2n) is 21.9. The zero-order valence-electron chi connectivity index (χ0n) is 50.7. The molecule has 0 aromatic rings. The van der Waals surface area contributed by atoms with Crippen LogP contribution >= 0.6 is 11.6 Å². The number of allylic oxidation sites excluding steroid dienone is 1. The second-order valence-corrected chi connectivity index (χ2v) is 22.3. The van der Waals surface area contributed by atoms with Gasteiger partial charge in [0.1, 0.15) is 60.4 Å². The summed E-state index contributed by atoms with van der Waals surface area (Å²) < 4.78 is 5.34. The largest absolute Gasteiger partial charge is 0.479 e. The molecule has 12 atom stereocenters. The van der Waals surface area contributed by atoms with E-state index in [0.717, 1.165) is 64.4 Å². The number of aliphatic hydroxyl groups excluding tert-OH is 4. The molecule has 9 amide bonds. The molecule has 0 bridgehead atoms. The summed E-state index contributed by atoms with van der Waals surface area (Å²) in [5.74, 6) is -16.0. The van der Waals surface area contributed by atoms with Crippen LogP contribution in [-0.4, -0.2) is 201 Å². The first kappa shape index (κ1) is 78.6. The van der Waals surface area contributed by atoms with E-state index in [-0.39, 0.29) is 64.1 Å². The predicted molar refractivity (Wildman–Crippen MR) is 317 cm³/mol. The molecule has 0 aromatic carbocycles. The van der Waals surface area contributed by atoms with E-state index in [1.54, 1.807) is 0 Å². The number of carboxylic acids is 1. The fraction of sp³-hybridized carbons (Fsp3) is 0.750. The van der Waals surface area contributed by atoms with Crippen molar-refractivity contribution in [3.63, 3.8) is 0 Å². The van der Waals surface area contributed by atoms with Crippen LogP contribution < -0.4 is 65.1 Å². The van der Waals surface area contributed by atoms with Crippen molar-refractivity contribution in [3.05, 3.63) is 11.8 Å². The summed E-state index contributed by atoms with van der Waals surface area (Å²) in [6.45, 7) is 6.51. The third kappa shape index (κ3) is 30.4. The number of carboxylic acid groups (broad SMARTS) is 1. The maximum Gasteiger partial charge on any atom is 0.335 e. The molecule has 30 nitrogen and oxygen atoms in total. The van der Waals surface area contributed by atoms with Gasteiger partial charge in [-0.25, -0.2) is 9.59 Å². The van der Waals surface area contributed by atoms with Crippen LogP contribution in [0, 0.1) is 5.92 Å². The molecule has 496 valence electrons. The Labute approximate surface area is 512 Å². The summed E-state index contributed by atoms with van der Waals surface area (Å²) >= 11 is 5.90. The molecule has 87 heavy (non-hydrogen) atoms. The number of aliphatic hydroxyl groups is 4. The Hall–Kier alpha value is -6.41. The van der Waals surface area contributed by atoms with E-state index in [9.17, 15) is 83.1 Å². The van der Waals surface area contributed by atoms with Crippen molar-refractivity contribution < 1.29 is 87.8 Å². The van der Waals surface area contributed by atoms with Crippen LogP contribution in [0.1, 0.15) is 157 Å². The molecule has 1 aliphatic heterocycles. The van der Waals surface area contributed by atoms with E-state index in [0.29, 0.717) is 19.3 Å². The minimum absolute atomic E-state index is 0.0356. The Morgan fingerprint density at radius 2 is 1.14 bits per heavy atom. The van der Waals surface area contributed by atoms with Gasteiger partial charge in [0.15, 0.2) is 12.1 Å². The Morgan fingerprint density at radius 3 is 1.66 bits per heavy atom. The van der Waals surface area contributed by atoms with Crippen LogP contribution in [0.3, 0.4) is 0 Å². The van der Waals surface area contributed by atoms with Crippen molar-refractivity contribution in [2.24, 2.45) is 23.1 Å². The van der Waals surface area contributed by atoms with Gasteiger partial charge in [0, 0.05) is 12.8 Å². The number of nitrogens with two attached hydrogens (primary N) is 3. The predicted octanol–water partition coefficient (Wildman–Crippen LogP) is -3.24. The van der Waals surface area contributed by atoms with Gasteiger partial charge in [-0.05, 0) is 84.3 Å². The van der Waals surface area contributed by atoms with E-state index in [4.69, 9.17) is 33.5 Å². The summed E-state index contributed by atoms with van der Waals surface area (Å²) in [5.41, 5.74) is 16.7. The lowest BCUT2D eigenvalue weighted by Gasteiger charge is -2.29. The number of carbonyl (C=O) groups is 12. The molecule has 1 unspecified atom stereocenters. The third-order valence-electron chi connectivity index (χ3n) is 14.0. The molecule has 0 spiro atoms. The number of esters is 1. The van der Waals surface area contributed by atoms with Gasteiger partial charge in [-0.3, -0.25) is 47.9 Å². The minimum Gasteiger partial charge on any atom is -0.479 e. The number of ether oxygens (including phenoxy) is 1. The number of halogens is 1. The fourth-order valence-corrected chi connectivity index (χ4v) is 9.01. The maximum atomic E-state index is 14.4. The first-order chi connectivity index (χ1) is 41.2. The average Bonchev–Trinajstić information content (AvgIpc) is 3.67. The number of Topliss-reactive ketones (excluding diaryl/α,β-unsaturated/α-hetero) is 1. The molecule has 1 saturated heterocycles. The smallest absolute Gasteiger partial charge is 0.335 e. The van der Waals surface area contributed by atoms with Crippen LogP contribution in [0.15, 0.2) is 11.8 Å². The highest BCUT2D eigenvalue weighted by Gasteiger charge is 2.41. The highest BCUT2D eigenvalue weighted by atomic mass is 35.5. The molecule has 0 aliphatic carbocycles. The molecule has 0 saturated carbocycles. The molecule has 0 aromatic heterocycles. The standard InChI is InChI=1S/C56H97ClN12O18/c1-6-8-9-10-11-12-13-14-15-18-33(71)28-42(74)61-40-30-87-56(86)44(41(73)29-57)68-54(83)45(46(75)55(84)85)69-47(76)35(7-2)62-53(82)43(32(5)70)67-50(79)38(23-26-60)64-48(77)36(19-16-17-24-58)63-51(80)39(27-34(72)21-20-31(3)4)66-49(78)37(22-25-59)65-52(40)81/h7,31-33,36-41,43-46,70-71,73,75H,6,8-30,58-60H2,1-5H3,(H,61,74)(H,62,82)(H,63,80)(H,64,77)(H,65,81)(H,66,78)(H,67,79)(H,68,83)(H,69,76)(H,84,85)/b35-7+/t32-,33-,36-,37+,38-,39-,40-,41+,43-,44-,45-,46?/m0/s1. The lowest BCUT2D eigenvalue weighted by atomic mass is 10.00. The molecule has 1 aliphatic rings. The van der Waals surface area contributed by atoms with E-state index in [1.165, 1.54) is 6.92 Å². The van der Waals surface area contributed by atoms with Crippen LogP contribution in [0.5, 0.6) is 0 Å². The van der Waals surface area contributed by atoms with E-state index in [1.807, 2.05) is 24.5 Å². The lowest BCUT2D eigenvalue weighted by molar-refractivity contribution is -0.155. The summed E-state index contributed by atoms with van der Waals surface area (Å²) in [5, 5.41) is 73.4. The van der Waals surface area contributed by atoms with E-state index >= 15 is 0 Å². The van der Waals surface area contributed by atoms with Gasteiger partial charge in [-0.15, -0.1) is 11.6 Å². The normalized spacial score (nSPS) is 24.0. The van der Waals surface area contributed by atoms with Crippen LogP contribution in [0.2, 0.25) is 0 Å². The number of cyclic esters (lactones) is 1. The summed E-state index contributed by atoms with van der Waals surface area (Å²) in [4.78, 5) is 166. The Bertz CT molecular complexity index is 2280. The number of nitrogens with one attached hydrogen (secondary N) is 9. The number of rotatable bonds is 31. The van der Waals surface area contributed by atoms with Gasteiger partial charge in [0.2, 0.25) is 47.3 Å². The highest BCUT2D eigenvalue weighted by molar-refractivity contribution is 6.18. The number of unbranched alkanes of at least 4 members (excludes halogenated alkanes) is 9. The Balaban J connectivity index is 4.11. The zero-order chi connectivity index (χ0) is 65.8. The maximum absolute atomic E-state index is 14.4. The topological polar surface area (TPSA) is 502 Å². The molecular weight excluding hydrogens is 1160 g/mol. The number of carbonyl (C=O) groups excluding carboxylic acids is 11. The number of aliphatic carboxylic acids is 1. The first-order valence-electron chi connectivity index (χ1n) is 29.9. The summed E-state index contributed by atoms with van der Waals surface area (Å²) in [7, 11) is 0. The van der Waals surface area contributed by atoms with Gasteiger partial charge in [-0.1, -0.05) is 84.6 Å². The van der Waals surface area contributed by atoms with Gasteiger partial charge in [0.25, 0.3) is 5.91 Å². The Kier molecular flexibility index (Phi) is 39.1. The summed E-state index contributed by atoms with van der Waals surface area (Å²) in [6.07, 6.45) is 0.920. The quantitative estimate of drug-likeness (QED) is 0.0140. The molecule has 20 N–H and O–H groups in total. The van der Waals surface area contributed by atoms with Crippen LogP contribution in [0.4, 0.5) is 0 Å². The number of alkyl halides is 1. The van der Waals surface area contributed by atoms with Crippen molar-refractivity contribution in [3.8, 4) is 0 Å². The van der Waals surface area contributed by atoms with Crippen molar-refractivity contribution in [2.75, 3.05) is 32.1 Å². The van der Waals surface area contributed by atoms with E-state index in [2.05, 4.69) is 44.1 Å². The number of amides is 9. The SMILES string of the molecule is C/C=C1/NC(=O)[C@H]([C@H](C)O)NC(=O)[C@H](CCN)NC(=O)[C@H](CCCCN)NC(=O)[C@H](CC(=O)CCC(C)C)NC(=O)[C@@H](CCN)NC(=O)[C@@H](NC(=O)C[C@@H](O)CCCCCCCCCCC)COC(=O)[C@H]([C@H](O)CCl)NC(=O)[C@H](C(O)C(=O)O)NC1=O. The van der Waals surface area contributed by atoms with Gasteiger partial charge in [-0.2, -0.15) is 0 Å². The average molecular weight is 1260 g/mol. The van der Waals surface area contributed by atoms with Crippen LogP contribution in [-0.2, 0) is 62.3 Å². The van der Waals surface area contributed by atoms with Gasteiger partial charge >= 0.3 is 11.9 Å². The highest BCUT2D eigenvalue weighted by Crippen LogP contribution is 2.15. The molecule has 0 radical (unpaired) electrons. The first-order valence-corrected chi connectivity index (χ1v) is 30.4. The monoisotopic (exact) mass is 1260 g/mol.